The van der Waals surface area contributed by atoms with Gasteiger partial charge in [0.1, 0.15) is 0 Å². The van der Waals surface area contributed by atoms with Crippen LogP contribution in [0.5, 0.6) is 0 Å². The van der Waals surface area contributed by atoms with Crippen molar-refractivity contribution in [2.24, 2.45) is 0 Å². The minimum Gasteiger partial charge on any atom is -0.476 e. The number of hydrogen-bond donors (Lipinski definition) is 1. The maximum absolute atomic E-state index is 11.4. The van der Waals surface area contributed by atoms with E-state index in [9.17, 15) is 9.90 Å². The first-order valence-electron chi connectivity index (χ1n) is 6.30. The molecule has 106 valence electrons. The molecule has 0 bridgehead atoms. The molecular weight excluding hydrogens is 348 g/mol. The van der Waals surface area contributed by atoms with Crippen LogP contribution in [0.3, 0.4) is 0 Å². The Morgan fingerprint density at radius 1 is 1.50 bits per heavy atom. The number of carbonyl (C=O) groups is 1. The van der Waals surface area contributed by atoms with Gasteiger partial charge in [-0.25, -0.2) is 9.48 Å². The number of rotatable bonds is 2. The zero-order valence-electron chi connectivity index (χ0n) is 10.5. The summed E-state index contributed by atoms with van der Waals surface area (Å²) in [6.07, 6.45) is 2.65. The topological polar surface area (TPSA) is 64.3 Å². The molecule has 0 saturated carbocycles. The molecule has 0 radical (unpaired) electrons. The minimum absolute atomic E-state index is 0.0355. The van der Waals surface area contributed by atoms with Gasteiger partial charge in [-0.3, -0.25) is 0 Å². The van der Waals surface area contributed by atoms with Crippen LogP contribution in [0.4, 0.5) is 0 Å². The highest BCUT2D eigenvalue weighted by Crippen LogP contribution is 2.34. The molecule has 5 nitrogen and oxygen atoms in total. The van der Waals surface area contributed by atoms with Crippen molar-refractivity contribution < 1.29 is 14.6 Å². The third-order valence-electron chi connectivity index (χ3n) is 3.36. The van der Waals surface area contributed by atoms with Gasteiger partial charge in [0.05, 0.1) is 15.9 Å². The van der Waals surface area contributed by atoms with Crippen molar-refractivity contribution in [3.63, 3.8) is 0 Å². The van der Waals surface area contributed by atoms with Gasteiger partial charge in [0.25, 0.3) is 0 Å². The summed E-state index contributed by atoms with van der Waals surface area (Å²) in [5.41, 5.74) is 0.639. The maximum atomic E-state index is 11.4. The molecule has 7 heteroatoms. The zero-order valence-corrected chi connectivity index (χ0v) is 12.8. The Labute approximate surface area is 128 Å². The lowest BCUT2D eigenvalue weighted by Crippen LogP contribution is -2.19. The van der Waals surface area contributed by atoms with Gasteiger partial charge in [-0.2, -0.15) is 5.10 Å². The Hall–Kier alpha value is -1.11. The molecule has 3 rings (SSSR count). The van der Waals surface area contributed by atoms with Gasteiger partial charge < -0.3 is 9.84 Å². The smallest absolute Gasteiger partial charge is 0.357 e. The van der Waals surface area contributed by atoms with Crippen molar-refractivity contribution in [3.05, 3.63) is 27.3 Å². The first-order valence-corrected chi connectivity index (χ1v) is 7.47. The highest BCUT2D eigenvalue weighted by Gasteiger charge is 2.25. The zero-order chi connectivity index (χ0) is 14.3. The van der Waals surface area contributed by atoms with E-state index >= 15 is 0 Å². The van der Waals surface area contributed by atoms with Crippen molar-refractivity contribution in [3.8, 4) is 0 Å². The molecule has 2 heterocycles. The Morgan fingerprint density at radius 3 is 2.95 bits per heavy atom. The summed E-state index contributed by atoms with van der Waals surface area (Å²) in [7, 11) is 0. The second-order valence-corrected chi connectivity index (χ2v) is 6.02. The van der Waals surface area contributed by atoms with Crippen molar-refractivity contribution in [2.75, 3.05) is 6.61 Å². The molecule has 0 spiro atoms. The molecule has 1 aliphatic heterocycles. The largest absolute Gasteiger partial charge is 0.476 e. The van der Waals surface area contributed by atoms with Crippen molar-refractivity contribution in [1.29, 1.82) is 0 Å². The van der Waals surface area contributed by atoms with Gasteiger partial charge in [-0.1, -0.05) is 27.5 Å². The molecule has 1 unspecified atom stereocenters. The third kappa shape index (κ3) is 2.32. The van der Waals surface area contributed by atoms with E-state index in [1.54, 1.807) is 10.7 Å². The summed E-state index contributed by atoms with van der Waals surface area (Å²) in [4.78, 5) is 11.4. The van der Waals surface area contributed by atoms with Crippen LogP contribution in [0.25, 0.3) is 10.9 Å². The standard InChI is InChI=1S/C13H12BrClN2O3/c14-7-5-8(15)11-9(6-7)17(16-12(11)13(18)19)10-3-1-2-4-20-10/h5-6,10H,1-4H2,(H,18,19). The molecule has 1 N–H and O–H groups in total. The van der Waals surface area contributed by atoms with Crippen molar-refractivity contribution in [2.45, 2.75) is 25.5 Å². The van der Waals surface area contributed by atoms with E-state index in [1.807, 2.05) is 6.07 Å². The number of benzene rings is 1. The summed E-state index contributed by atoms with van der Waals surface area (Å²) in [5, 5.41) is 14.3. The SMILES string of the molecule is O=C(O)c1nn(C2CCCCO2)c2cc(Br)cc(Cl)c12. The molecule has 0 amide bonds. The fourth-order valence-electron chi connectivity index (χ4n) is 2.47. The Balaban J connectivity index is 2.23. The fourth-order valence-corrected chi connectivity index (χ4v) is 3.35. The lowest BCUT2D eigenvalue weighted by atomic mass is 10.1. The summed E-state index contributed by atoms with van der Waals surface area (Å²) in [6.45, 7) is 0.663. The van der Waals surface area contributed by atoms with Crippen LogP contribution < -0.4 is 0 Å². The molecule has 1 aromatic heterocycles. The number of aromatic nitrogens is 2. The molecular formula is C13H12BrClN2O3. The van der Waals surface area contributed by atoms with E-state index in [0.717, 1.165) is 23.7 Å². The Morgan fingerprint density at radius 2 is 2.30 bits per heavy atom. The highest BCUT2D eigenvalue weighted by molar-refractivity contribution is 9.10. The summed E-state index contributed by atoms with van der Waals surface area (Å²) < 4.78 is 8.11. The monoisotopic (exact) mass is 358 g/mol. The van der Waals surface area contributed by atoms with Gasteiger partial charge in [-0.15, -0.1) is 0 Å². The van der Waals surface area contributed by atoms with Crippen LogP contribution in [0, 0.1) is 0 Å². The molecule has 1 aromatic carbocycles. The number of halogens is 2. The van der Waals surface area contributed by atoms with Crippen molar-refractivity contribution >= 4 is 44.4 Å². The summed E-state index contributed by atoms with van der Waals surface area (Å²) in [5.74, 6) is -1.09. The van der Waals surface area contributed by atoms with Crippen LogP contribution in [0.1, 0.15) is 36.0 Å². The van der Waals surface area contributed by atoms with E-state index in [2.05, 4.69) is 21.0 Å². The third-order valence-corrected chi connectivity index (χ3v) is 4.11. The van der Waals surface area contributed by atoms with Gasteiger partial charge in [0.15, 0.2) is 11.9 Å². The molecule has 20 heavy (non-hydrogen) atoms. The number of ether oxygens (including phenoxy) is 1. The lowest BCUT2D eigenvalue weighted by Gasteiger charge is -2.23. The predicted octanol–water partition coefficient (Wildman–Crippen LogP) is 3.85. The highest BCUT2D eigenvalue weighted by atomic mass is 79.9. The van der Waals surface area contributed by atoms with Crippen LogP contribution in [0.15, 0.2) is 16.6 Å². The van der Waals surface area contributed by atoms with Gasteiger partial charge in [0.2, 0.25) is 0 Å². The number of carboxylic acid groups (broad SMARTS) is 1. The first-order chi connectivity index (χ1) is 9.58. The number of aromatic carboxylic acids is 1. The van der Waals surface area contributed by atoms with Crippen LogP contribution in [0.2, 0.25) is 5.02 Å². The molecule has 1 saturated heterocycles. The number of carboxylic acids is 1. The van der Waals surface area contributed by atoms with E-state index < -0.39 is 5.97 Å². The van der Waals surface area contributed by atoms with E-state index in [4.69, 9.17) is 16.3 Å². The van der Waals surface area contributed by atoms with E-state index in [0.29, 0.717) is 22.5 Å². The molecule has 0 aliphatic carbocycles. The van der Waals surface area contributed by atoms with Gasteiger partial charge in [0, 0.05) is 11.1 Å². The van der Waals surface area contributed by atoms with Crippen LogP contribution in [-0.2, 0) is 4.74 Å². The van der Waals surface area contributed by atoms with Gasteiger partial charge >= 0.3 is 5.97 Å². The van der Waals surface area contributed by atoms with E-state index in [1.165, 1.54) is 0 Å². The lowest BCUT2D eigenvalue weighted by molar-refractivity contribution is -0.0368. The van der Waals surface area contributed by atoms with Crippen molar-refractivity contribution in [1.82, 2.24) is 9.78 Å². The molecule has 1 aliphatic rings. The summed E-state index contributed by atoms with van der Waals surface area (Å²) >= 11 is 9.55. The summed E-state index contributed by atoms with van der Waals surface area (Å²) in [6, 6.07) is 3.49. The first kappa shape index (κ1) is 13.9. The average molecular weight is 360 g/mol. The fraction of sp³-hybridized carbons (Fsp3) is 0.385. The van der Waals surface area contributed by atoms with Gasteiger partial charge in [-0.05, 0) is 31.4 Å². The molecule has 2 aromatic rings. The maximum Gasteiger partial charge on any atom is 0.357 e. The quantitative estimate of drug-likeness (QED) is 0.884. The molecule has 1 atom stereocenters. The number of hydrogen-bond acceptors (Lipinski definition) is 3. The number of nitrogens with zero attached hydrogens (tertiary/aromatic N) is 2. The predicted molar refractivity (Wildman–Crippen MR) is 78.2 cm³/mol. The Kier molecular flexibility index (Phi) is 3.70. The second kappa shape index (κ2) is 5.35. The molecule has 1 fully saturated rings. The van der Waals surface area contributed by atoms with Crippen LogP contribution in [-0.4, -0.2) is 27.5 Å². The number of fused-ring (bicyclic) bond motifs is 1. The average Bonchev–Trinajstić information content (AvgIpc) is 2.79. The van der Waals surface area contributed by atoms with Crippen LogP contribution >= 0.6 is 27.5 Å². The van der Waals surface area contributed by atoms with E-state index in [-0.39, 0.29) is 11.9 Å². The Bertz CT molecular complexity index is 680. The normalized spacial score (nSPS) is 19.4. The second-order valence-electron chi connectivity index (χ2n) is 4.70. The minimum atomic E-state index is -1.09.